The van der Waals surface area contributed by atoms with Crippen LogP contribution in [0, 0.1) is 0 Å². The standard InChI is InChI=1S/C4H11NO3S/c1-3-4-9(6,7)8-5-2/h5H,3-4H2,1-2H3. The van der Waals surface area contributed by atoms with Crippen LogP contribution in [0.25, 0.3) is 0 Å². The first-order valence-electron chi connectivity index (χ1n) is 2.70. The van der Waals surface area contributed by atoms with Gasteiger partial charge in [-0.3, -0.25) is 0 Å². The molecular formula is C4H11NO3S. The lowest BCUT2D eigenvalue weighted by atomic mass is 10.6. The van der Waals surface area contributed by atoms with Gasteiger partial charge < -0.3 is 0 Å². The zero-order valence-electron chi connectivity index (χ0n) is 5.55. The summed E-state index contributed by atoms with van der Waals surface area (Å²) < 4.78 is 25.3. The van der Waals surface area contributed by atoms with Crippen LogP contribution in [0.1, 0.15) is 13.3 Å². The summed E-state index contributed by atoms with van der Waals surface area (Å²) in [7, 11) is -1.88. The molecule has 0 fully saturated rings. The first kappa shape index (κ1) is 8.87. The Morgan fingerprint density at radius 1 is 1.56 bits per heavy atom. The van der Waals surface area contributed by atoms with Gasteiger partial charge in [0.2, 0.25) is 0 Å². The fraction of sp³-hybridized carbons (Fsp3) is 1.00. The van der Waals surface area contributed by atoms with Crippen molar-refractivity contribution >= 4 is 10.1 Å². The van der Waals surface area contributed by atoms with Crippen molar-refractivity contribution in [2.75, 3.05) is 12.8 Å². The average Bonchev–Trinajstić information content (AvgIpc) is 1.64. The second-order valence-corrected chi connectivity index (χ2v) is 3.24. The minimum Gasteiger partial charge on any atom is -0.198 e. The highest BCUT2D eigenvalue weighted by atomic mass is 32.2. The molecule has 0 spiro atoms. The van der Waals surface area contributed by atoms with E-state index in [1.807, 2.05) is 0 Å². The molecule has 0 aromatic heterocycles. The Morgan fingerprint density at radius 2 is 2.11 bits per heavy atom. The van der Waals surface area contributed by atoms with E-state index in [0.717, 1.165) is 0 Å². The Hall–Kier alpha value is -0.130. The summed E-state index contributed by atoms with van der Waals surface area (Å²) >= 11 is 0. The van der Waals surface area contributed by atoms with E-state index >= 15 is 0 Å². The number of rotatable bonds is 4. The van der Waals surface area contributed by atoms with Crippen LogP contribution in [-0.4, -0.2) is 21.2 Å². The lowest BCUT2D eigenvalue weighted by Gasteiger charge is -1.98. The van der Waals surface area contributed by atoms with E-state index in [-0.39, 0.29) is 5.75 Å². The molecular weight excluding hydrogens is 142 g/mol. The lowest BCUT2D eigenvalue weighted by molar-refractivity contribution is 0.231. The predicted octanol–water partition coefficient (Wildman–Crippen LogP) is -0.123. The molecule has 56 valence electrons. The second kappa shape index (κ2) is 3.81. The maximum atomic E-state index is 10.5. The van der Waals surface area contributed by atoms with Crippen LogP contribution in [0.2, 0.25) is 0 Å². The van der Waals surface area contributed by atoms with Gasteiger partial charge in [-0.25, -0.2) is 0 Å². The lowest BCUT2D eigenvalue weighted by Crippen LogP contribution is -2.18. The van der Waals surface area contributed by atoms with Crippen molar-refractivity contribution in [1.82, 2.24) is 5.48 Å². The van der Waals surface area contributed by atoms with Gasteiger partial charge in [-0.05, 0) is 6.42 Å². The van der Waals surface area contributed by atoms with Gasteiger partial charge in [0.05, 0.1) is 5.75 Å². The van der Waals surface area contributed by atoms with Crippen molar-refractivity contribution < 1.29 is 12.7 Å². The zero-order valence-corrected chi connectivity index (χ0v) is 6.36. The maximum Gasteiger partial charge on any atom is 0.283 e. The van der Waals surface area contributed by atoms with Gasteiger partial charge in [0.1, 0.15) is 0 Å². The van der Waals surface area contributed by atoms with Crippen LogP contribution < -0.4 is 5.48 Å². The van der Waals surface area contributed by atoms with Crippen LogP contribution >= 0.6 is 0 Å². The van der Waals surface area contributed by atoms with Crippen molar-refractivity contribution in [2.45, 2.75) is 13.3 Å². The van der Waals surface area contributed by atoms with Crippen LogP contribution in [0.4, 0.5) is 0 Å². The SMILES string of the molecule is CCCS(=O)(=O)ONC. The highest BCUT2D eigenvalue weighted by Crippen LogP contribution is 1.91. The topological polar surface area (TPSA) is 55.4 Å². The van der Waals surface area contributed by atoms with Crippen molar-refractivity contribution in [3.8, 4) is 0 Å². The van der Waals surface area contributed by atoms with Crippen molar-refractivity contribution in [1.29, 1.82) is 0 Å². The Bertz CT molecular complexity index is 139. The zero-order chi connectivity index (χ0) is 7.33. The first-order chi connectivity index (χ1) is 4.12. The molecule has 5 heteroatoms. The monoisotopic (exact) mass is 153 g/mol. The summed E-state index contributed by atoms with van der Waals surface area (Å²) in [6, 6.07) is 0. The molecule has 0 bridgehead atoms. The quantitative estimate of drug-likeness (QED) is 0.572. The van der Waals surface area contributed by atoms with Gasteiger partial charge >= 0.3 is 0 Å². The molecule has 0 aromatic carbocycles. The highest BCUT2D eigenvalue weighted by Gasteiger charge is 2.06. The van der Waals surface area contributed by atoms with E-state index in [1.165, 1.54) is 7.05 Å². The molecule has 0 aromatic rings. The summed E-state index contributed by atoms with van der Waals surface area (Å²) in [4.78, 5) is 0. The van der Waals surface area contributed by atoms with Gasteiger partial charge in [0.15, 0.2) is 0 Å². The molecule has 0 aliphatic carbocycles. The summed E-state index contributed by atoms with van der Waals surface area (Å²) in [5.74, 6) is 0.0633. The molecule has 0 unspecified atom stereocenters. The minimum absolute atomic E-state index is 0.0633. The van der Waals surface area contributed by atoms with Crippen LogP contribution in [-0.2, 0) is 14.4 Å². The maximum absolute atomic E-state index is 10.5. The molecule has 0 aliphatic rings. The van der Waals surface area contributed by atoms with E-state index in [9.17, 15) is 8.42 Å². The molecule has 0 saturated carbocycles. The Balaban J connectivity index is 3.73. The molecule has 0 amide bonds. The minimum atomic E-state index is -3.29. The molecule has 0 heterocycles. The predicted molar refractivity (Wildman–Crippen MR) is 34.2 cm³/mol. The molecule has 0 radical (unpaired) electrons. The van der Waals surface area contributed by atoms with Gasteiger partial charge in [-0.2, -0.15) is 18.2 Å². The molecule has 0 rings (SSSR count). The number of hydrogen-bond acceptors (Lipinski definition) is 4. The smallest absolute Gasteiger partial charge is 0.198 e. The van der Waals surface area contributed by atoms with Crippen molar-refractivity contribution in [3.63, 3.8) is 0 Å². The van der Waals surface area contributed by atoms with Gasteiger partial charge in [-0.15, -0.1) is 0 Å². The van der Waals surface area contributed by atoms with Crippen LogP contribution in [0.5, 0.6) is 0 Å². The van der Waals surface area contributed by atoms with E-state index in [2.05, 4.69) is 9.76 Å². The van der Waals surface area contributed by atoms with Gasteiger partial charge in [0, 0.05) is 7.05 Å². The molecule has 0 saturated heterocycles. The van der Waals surface area contributed by atoms with Crippen LogP contribution in [0.15, 0.2) is 0 Å². The summed E-state index contributed by atoms with van der Waals surface area (Å²) in [5, 5.41) is 0. The third-order valence-corrected chi connectivity index (χ3v) is 1.99. The third kappa shape index (κ3) is 4.38. The number of hydroxylamine groups is 1. The Morgan fingerprint density at radius 3 is 2.44 bits per heavy atom. The number of hydrogen-bond donors (Lipinski definition) is 1. The molecule has 9 heavy (non-hydrogen) atoms. The summed E-state index contributed by atoms with van der Waals surface area (Å²) in [5.41, 5.74) is 2.10. The van der Waals surface area contributed by atoms with Crippen molar-refractivity contribution in [2.24, 2.45) is 0 Å². The molecule has 1 N–H and O–H groups in total. The fourth-order valence-corrected chi connectivity index (χ4v) is 1.26. The van der Waals surface area contributed by atoms with E-state index in [0.29, 0.717) is 6.42 Å². The molecule has 0 atom stereocenters. The third-order valence-electron chi connectivity index (χ3n) is 0.664. The summed E-state index contributed by atoms with van der Waals surface area (Å²) in [6.07, 6.45) is 0.573. The van der Waals surface area contributed by atoms with Crippen LogP contribution in [0.3, 0.4) is 0 Å². The highest BCUT2D eigenvalue weighted by molar-refractivity contribution is 7.86. The van der Waals surface area contributed by atoms with E-state index < -0.39 is 10.1 Å². The normalized spacial score (nSPS) is 11.8. The fourth-order valence-electron chi connectivity index (χ4n) is 0.419. The largest absolute Gasteiger partial charge is 0.283 e. The average molecular weight is 153 g/mol. The van der Waals surface area contributed by atoms with E-state index in [4.69, 9.17) is 0 Å². The molecule has 4 nitrogen and oxygen atoms in total. The Labute approximate surface area is 55.3 Å². The van der Waals surface area contributed by atoms with Crippen molar-refractivity contribution in [3.05, 3.63) is 0 Å². The second-order valence-electron chi connectivity index (χ2n) is 1.55. The van der Waals surface area contributed by atoms with E-state index in [1.54, 1.807) is 6.92 Å². The number of nitrogens with one attached hydrogen (secondary N) is 1. The Kier molecular flexibility index (Phi) is 3.76. The first-order valence-corrected chi connectivity index (χ1v) is 4.28. The van der Waals surface area contributed by atoms with Gasteiger partial charge in [0.25, 0.3) is 10.1 Å². The van der Waals surface area contributed by atoms with Gasteiger partial charge in [-0.1, -0.05) is 6.92 Å². The molecule has 0 aliphatic heterocycles. The summed E-state index contributed by atoms with van der Waals surface area (Å²) in [6.45, 7) is 1.77.